The van der Waals surface area contributed by atoms with E-state index >= 15 is 0 Å². The van der Waals surface area contributed by atoms with E-state index in [0.29, 0.717) is 29.5 Å². The van der Waals surface area contributed by atoms with Crippen molar-refractivity contribution in [1.82, 2.24) is 15.1 Å². The van der Waals surface area contributed by atoms with E-state index in [1.54, 1.807) is 23.2 Å². The Morgan fingerprint density at radius 3 is 2.74 bits per heavy atom. The van der Waals surface area contributed by atoms with Crippen molar-refractivity contribution in [1.29, 1.82) is 0 Å². The molecule has 2 aromatic carbocycles. The third-order valence-corrected chi connectivity index (χ3v) is 8.04. The van der Waals surface area contributed by atoms with Crippen LogP contribution < -0.4 is 10.2 Å². The molecule has 3 atom stereocenters. The molecule has 8 heteroatoms. The molecule has 39 heavy (non-hydrogen) atoms. The quantitative estimate of drug-likeness (QED) is 0.542. The summed E-state index contributed by atoms with van der Waals surface area (Å²) in [5.41, 5.74) is 5.89. The van der Waals surface area contributed by atoms with Crippen LogP contribution in [0.3, 0.4) is 0 Å². The normalized spacial score (nSPS) is 22.7. The molecule has 0 bridgehead atoms. The molecule has 4 aliphatic rings. The lowest BCUT2D eigenvalue weighted by Crippen LogP contribution is -2.35. The first-order valence-corrected chi connectivity index (χ1v) is 13.5. The topological polar surface area (TPSA) is 93.5 Å². The van der Waals surface area contributed by atoms with Crippen LogP contribution in [0.25, 0.3) is 11.3 Å². The number of nitrogens with one attached hydrogen (secondary N) is 1. The third kappa shape index (κ3) is 4.35. The number of aromatic nitrogens is 2. The lowest BCUT2D eigenvalue weighted by atomic mass is 10.0. The molecule has 1 saturated carbocycles. The van der Waals surface area contributed by atoms with Gasteiger partial charge in [0.1, 0.15) is 6.10 Å². The van der Waals surface area contributed by atoms with Gasteiger partial charge in [-0.1, -0.05) is 42.5 Å². The summed E-state index contributed by atoms with van der Waals surface area (Å²) in [5, 5.41) is 7.37. The van der Waals surface area contributed by atoms with Crippen LogP contribution in [-0.4, -0.2) is 46.9 Å². The average molecular weight is 521 g/mol. The highest BCUT2D eigenvalue weighted by Gasteiger charge is 2.37. The van der Waals surface area contributed by atoms with Crippen LogP contribution in [0, 0.1) is 11.8 Å². The van der Waals surface area contributed by atoms with Gasteiger partial charge in [0.05, 0.1) is 25.0 Å². The smallest absolute Gasteiger partial charge is 0.414 e. The van der Waals surface area contributed by atoms with E-state index in [9.17, 15) is 14.4 Å². The Hall–Kier alpha value is -4.46. The number of nitrogens with zero attached hydrogens (tertiary/aromatic N) is 3. The molecule has 1 aliphatic heterocycles. The largest absolute Gasteiger partial charge is 0.442 e. The standard InChI is InChI=1S/C31H28N4O4/c36-29(22-10-9-20-13-24(20)14-22)32-17-26-18-34(31(38)39-26)25-11-12-27-21(15-25)7-4-8-23-16-33-35(28(23)27)30(37)19-5-2-1-3-6-19/h1-3,5-6,9-12,14-16,20,24,26H,4,7-8,13,17-18H2,(H,32,36)/t20?,24?,26-/m0/s1. The number of hydrogen-bond donors (Lipinski definition) is 1. The zero-order valence-electron chi connectivity index (χ0n) is 21.4. The van der Waals surface area contributed by atoms with Crippen molar-refractivity contribution in [3.63, 3.8) is 0 Å². The highest BCUT2D eigenvalue weighted by molar-refractivity contribution is 5.99. The Morgan fingerprint density at radius 2 is 1.90 bits per heavy atom. The van der Waals surface area contributed by atoms with Crippen molar-refractivity contribution >= 4 is 23.6 Å². The van der Waals surface area contributed by atoms with Crippen LogP contribution in [0.1, 0.15) is 34.3 Å². The first-order chi connectivity index (χ1) is 19.0. The minimum atomic E-state index is -0.432. The SMILES string of the molecule is O=C(NC[C@H]1CN(c2ccc3c(c2)CCCc2cnn(C(=O)c4ccccc4)c2-3)C(=O)O1)C1=CC2CC2C=C1. The van der Waals surface area contributed by atoms with Gasteiger partial charge in [-0.25, -0.2) is 4.79 Å². The molecule has 0 spiro atoms. The van der Waals surface area contributed by atoms with Gasteiger partial charge in [0.15, 0.2) is 0 Å². The Bertz CT molecular complexity index is 1550. The minimum Gasteiger partial charge on any atom is -0.442 e. The second-order valence-electron chi connectivity index (χ2n) is 10.7. The maximum atomic E-state index is 13.3. The van der Waals surface area contributed by atoms with Crippen LogP contribution in [0.5, 0.6) is 0 Å². The summed E-state index contributed by atoms with van der Waals surface area (Å²) in [7, 11) is 0. The number of cyclic esters (lactones) is 1. The molecule has 1 aromatic heterocycles. The molecule has 7 rings (SSSR count). The van der Waals surface area contributed by atoms with Gasteiger partial charge in [-0.15, -0.1) is 0 Å². The van der Waals surface area contributed by atoms with Crippen LogP contribution >= 0.6 is 0 Å². The Kier molecular flexibility index (Phi) is 5.68. The molecule has 1 saturated heterocycles. The van der Waals surface area contributed by atoms with E-state index in [0.717, 1.165) is 53.8 Å². The number of rotatable bonds is 5. The van der Waals surface area contributed by atoms with Crippen molar-refractivity contribution in [2.24, 2.45) is 11.8 Å². The number of amides is 2. The summed E-state index contributed by atoms with van der Waals surface area (Å²) in [6.45, 7) is 0.614. The third-order valence-electron chi connectivity index (χ3n) is 8.04. The zero-order chi connectivity index (χ0) is 26.5. The number of benzene rings is 2. The molecule has 2 fully saturated rings. The fraction of sp³-hybridized carbons (Fsp3) is 0.290. The van der Waals surface area contributed by atoms with Gasteiger partial charge in [0, 0.05) is 22.4 Å². The van der Waals surface area contributed by atoms with Gasteiger partial charge >= 0.3 is 6.09 Å². The molecular weight excluding hydrogens is 492 g/mol. The fourth-order valence-electron chi connectivity index (χ4n) is 5.83. The van der Waals surface area contributed by atoms with E-state index in [4.69, 9.17) is 4.74 Å². The molecule has 1 N–H and O–H groups in total. The van der Waals surface area contributed by atoms with Crippen molar-refractivity contribution in [3.8, 4) is 11.3 Å². The molecule has 3 aliphatic carbocycles. The molecule has 2 unspecified atom stereocenters. The number of carbonyl (C=O) groups excluding carboxylic acids is 3. The summed E-state index contributed by atoms with van der Waals surface area (Å²) >= 11 is 0. The first-order valence-electron chi connectivity index (χ1n) is 13.5. The summed E-state index contributed by atoms with van der Waals surface area (Å²) in [6, 6.07) is 15.0. The fourth-order valence-corrected chi connectivity index (χ4v) is 5.83. The van der Waals surface area contributed by atoms with Crippen molar-refractivity contribution in [2.45, 2.75) is 31.8 Å². The lowest BCUT2D eigenvalue weighted by Gasteiger charge is -2.17. The molecule has 0 radical (unpaired) electrons. The lowest BCUT2D eigenvalue weighted by molar-refractivity contribution is -0.117. The number of fused-ring (bicyclic) bond motifs is 4. The van der Waals surface area contributed by atoms with E-state index < -0.39 is 12.2 Å². The summed E-state index contributed by atoms with van der Waals surface area (Å²) in [6.07, 6.45) is 10.6. The van der Waals surface area contributed by atoms with Crippen molar-refractivity contribution in [3.05, 3.63) is 95.2 Å². The zero-order valence-corrected chi connectivity index (χ0v) is 21.4. The molecule has 2 heterocycles. The van der Waals surface area contributed by atoms with E-state index in [1.165, 1.54) is 4.68 Å². The maximum Gasteiger partial charge on any atom is 0.414 e. The molecule has 8 nitrogen and oxygen atoms in total. The Balaban J connectivity index is 1.09. The minimum absolute atomic E-state index is 0.131. The van der Waals surface area contributed by atoms with Crippen molar-refractivity contribution < 1.29 is 19.1 Å². The second-order valence-corrected chi connectivity index (χ2v) is 10.7. The van der Waals surface area contributed by atoms with Gasteiger partial charge < -0.3 is 10.1 Å². The number of anilines is 1. The highest BCUT2D eigenvalue weighted by atomic mass is 16.6. The number of aryl methyl sites for hydroxylation is 2. The number of ether oxygens (including phenoxy) is 1. The van der Waals surface area contributed by atoms with E-state index in [-0.39, 0.29) is 18.4 Å². The highest BCUT2D eigenvalue weighted by Crippen LogP contribution is 2.44. The van der Waals surface area contributed by atoms with E-state index in [2.05, 4.69) is 16.5 Å². The molecule has 196 valence electrons. The van der Waals surface area contributed by atoms with Crippen LogP contribution in [0.4, 0.5) is 10.5 Å². The predicted molar refractivity (Wildman–Crippen MR) is 145 cm³/mol. The number of allylic oxidation sites excluding steroid dienone is 2. The van der Waals surface area contributed by atoms with E-state index in [1.807, 2.05) is 48.6 Å². The molecular formula is C31H28N4O4. The van der Waals surface area contributed by atoms with Gasteiger partial charge in [-0.2, -0.15) is 9.78 Å². The number of hydrogen-bond acceptors (Lipinski definition) is 5. The maximum absolute atomic E-state index is 13.3. The van der Waals surface area contributed by atoms with Crippen LogP contribution in [0.15, 0.2) is 78.5 Å². The Labute approximate surface area is 225 Å². The molecule has 3 aromatic rings. The van der Waals surface area contributed by atoms with Crippen LogP contribution in [-0.2, 0) is 22.4 Å². The van der Waals surface area contributed by atoms with Crippen LogP contribution in [0.2, 0.25) is 0 Å². The molecule has 2 amide bonds. The second kappa shape index (κ2) is 9.38. The summed E-state index contributed by atoms with van der Waals surface area (Å²) in [4.78, 5) is 40.3. The number of carbonyl (C=O) groups is 3. The van der Waals surface area contributed by atoms with Gasteiger partial charge in [0.25, 0.3) is 11.8 Å². The monoisotopic (exact) mass is 520 g/mol. The van der Waals surface area contributed by atoms with Gasteiger partial charge in [-0.05, 0) is 72.9 Å². The van der Waals surface area contributed by atoms with Gasteiger partial charge in [-0.3, -0.25) is 14.5 Å². The first kappa shape index (κ1) is 23.6. The average Bonchev–Trinajstić information content (AvgIpc) is 3.54. The van der Waals surface area contributed by atoms with Crippen molar-refractivity contribution in [2.75, 3.05) is 18.0 Å². The summed E-state index contributed by atoms with van der Waals surface area (Å²) in [5.74, 6) is 0.796. The predicted octanol–water partition coefficient (Wildman–Crippen LogP) is 4.30. The van der Waals surface area contributed by atoms with Gasteiger partial charge in [0.2, 0.25) is 0 Å². The Morgan fingerprint density at radius 1 is 1.05 bits per heavy atom. The summed E-state index contributed by atoms with van der Waals surface area (Å²) < 4.78 is 7.08.